The van der Waals surface area contributed by atoms with E-state index in [9.17, 15) is 5.26 Å². The van der Waals surface area contributed by atoms with Crippen molar-refractivity contribution in [2.24, 2.45) is 0 Å². The summed E-state index contributed by atoms with van der Waals surface area (Å²) in [6.45, 7) is 13.6. The molecule has 0 bridgehead atoms. The molecule has 0 aliphatic rings. The van der Waals surface area contributed by atoms with Gasteiger partial charge >= 0.3 is 0 Å². The predicted octanol–water partition coefficient (Wildman–Crippen LogP) is 6.05. The summed E-state index contributed by atoms with van der Waals surface area (Å²) in [7, 11) is 0. The van der Waals surface area contributed by atoms with Crippen molar-refractivity contribution in [3.8, 4) is 23.1 Å². The van der Waals surface area contributed by atoms with Crippen LogP contribution in [0, 0.1) is 18.3 Å². The Morgan fingerprint density at radius 3 is 2.36 bits per heavy atom. The molecule has 2 N–H and O–H groups in total. The number of hydrogen-bond acceptors (Lipinski definition) is 5. The monoisotopic (exact) mass is 434 g/mol. The number of rotatable bonds is 5. The maximum Gasteiger partial charge on any atom is 0.165 e. The molecule has 1 aromatic carbocycles. The molecule has 0 atom stereocenters. The average Bonchev–Trinajstić information content (AvgIpc) is 3.23. The molecule has 4 aromatic rings. The van der Waals surface area contributed by atoms with E-state index in [1.807, 2.05) is 73.9 Å². The average molecular weight is 435 g/mol. The standard InChI is InChI=1S/C25H20N6.C2H6/c1-4-17(15-26)19(5-2)21-12-13-22-25(29-21)31(18-10-8-16(3)9-11-18)24(30-22)20-7-6-14-28-23(20)27;1-2/h4-14H,1-2H2,3H3,(H2,27,28);1-2H3/b19-17-;. The number of pyridine rings is 2. The molecule has 3 heterocycles. The first kappa shape index (κ1) is 23.2. The van der Waals surface area contributed by atoms with Crippen LogP contribution in [0.4, 0.5) is 5.82 Å². The van der Waals surface area contributed by atoms with E-state index < -0.39 is 0 Å². The van der Waals surface area contributed by atoms with Crippen molar-refractivity contribution in [3.05, 3.63) is 96.9 Å². The van der Waals surface area contributed by atoms with E-state index >= 15 is 0 Å². The number of nitrogens with two attached hydrogens (primary N) is 1. The molecule has 4 rings (SSSR count). The summed E-state index contributed by atoms with van der Waals surface area (Å²) >= 11 is 0. The highest BCUT2D eigenvalue weighted by molar-refractivity contribution is 5.86. The first-order valence-corrected chi connectivity index (χ1v) is 10.6. The third-order valence-electron chi connectivity index (χ3n) is 4.97. The fourth-order valence-corrected chi connectivity index (χ4v) is 3.40. The number of nitriles is 1. The molecule has 0 amide bonds. The Balaban J connectivity index is 0.00000149. The van der Waals surface area contributed by atoms with Gasteiger partial charge in [-0.25, -0.2) is 15.0 Å². The van der Waals surface area contributed by atoms with Gasteiger partial charge in [-0.3, -0.25) is 4.57 Å². The van der Waals surface area contributed by atoms with E-state index in [-0.39, 0.29) is 0 Å². The van der Waals surface area contributed by atoms with Gasteiger partial charge in [-0.2, -0.15) is 5.26 Å². The Kier molecular flexibility index (Phi) is 7.17. The summed E-state index contributed by atoms with van der Waals surface area (Å²) in [5.74, 6) is 1.03. The van der Waals surface area contributed by atoms with Gasteiger partial charge in [0.1, 0.15) is 11.3 Å². The summed E-state index contributed by atoms with van der Waals surface area (Å²) in [6.07, 6.45) is 4.76. The Hall–Kier alpha value is -4.50. The van der Waals surface area contributed by atoms with Crippen molar-refractivity contribution in [1.29, 1.82) is 5.26 Å². The number of imidazole rings is 1. The number of aryl methyl sites for hydroxylation is 1. The van der Waals surface area contributed by atoms with Gasteiger partial charge in [-0.05, 0) is 43.3 Å². The summed E-state index contributed by atoms with van der Waals surface area (Å²) in [6, 6.07) is 17.6. The summed E-state index contributed by atoms with van der Waals surface area (Å²) in [5.41, 5.74) is 11.9. The van der Waals surface area contributed by atoms with Crippen LogP contribution in [0.25, 0.3) is 33.8 Å². The fourth-order valence-electron chi connectivity index (χ4n) is 3.40. The molecule has 33 heavy (non-hydrogen) atoms. The second-order valence-electron chi connectivity index (χ2n) is 6.93. The highest BCUT2D eigenvalue weighted by atomic mass is 15.1. The van der Waals surface area contributed by atoms with Gasteiger partial charge in [0.15, 0.2) is 11.5 Å². The van der Waals surface area contributed by atoms with Crippen LogP contribution >= 0.6 is 0 Å². The van der Waals surface area contributed by atoms with Gasteiger partial charge in [-0.1, -0.05) is 56.9 Å². The molecule has 0 saturated carbocycles. The SMILES string of the molecule is C=C/C(C#N)=C(\C=C)c1ccc2nc(-c3cccnc3N)n(-c3ccc(C)cc3)c2n1.CC. The Bertz CT molecular complexity index is 1380. The van der Waals surface area contributed by atoms with E-state index in [0.29, 0.717) is 45.2 Å². The van der Waals surface area contributed by atoms with Crippen LogP contribution in [-0.2, 0) is 0 Å². The van der Waals surface area contributed by atoms with Crippen molar-refractivity contribution < 1.29 is 0 Å². The van der Waals surface area contributed by atoms with Crippen molar-refractivity contribution >= 4 is 22.6 Å². The Labute approximate surface area is 194 Å². The Morgan fingerprint density at radius 2 is 1.76 bits per heavy atom. The molecule has 0 aliphatic heterocycles. The van der Waals surface area contributed by atoms with E-state index in [1.54, 1.807) is 12.3 Å². The van der Waals surface area contributed by atoms with Crippen molar-refractivity contribution in [3.63, 3.8) is 0 Å². The first-order valence-electron chi connectivity index (χ1n) is 10.6. The van der Waals surface area contributed by atoms with Crippen LogP contribution in [-0.4, -0.2) is 19.5 Å². The second kappa shape index (κ2) is 10.2. The summed E-state index contributed by atoms with van der Waals surface area (Å²) < 4.78 is 1.95. The molecule has 3 aromatic heterocycles. The number of aromatic nitrogens is 4. The highest BCUT2D eigenvalue weighted by Crippen LogP contribution is 2.31. The number of anilines is 1. The van der Waals surface area contributed by atoms with Gasteiger partial charge in [-0.15, -0.1) is 0 Å². The lowest BCUT2D eigenvalue weighted by atomic mass is 10.1. The number of allylic oxidation sites excluding steroid dienone is 4. The minimum absolute atomic E-state index is 0.386. The van der Waals surface area contributed by atoms with Gasteiger partial charge < -0.3 is 5.73 Å². The quantitative estimate of drug-likeness (QED) is 0.305. The lowest BCUT2D eigenvalue weighted by Crippen LogP contribution is -2.02. The van der Waals surface area contributed by atoms with Crippen LogP contribution in [0.1, 0.15) is 25.1 Å². The molecular weight excluding hydrogens is 408 g/mol. The maximum atomic E-state index is 9.45. The van der Waals surface area contributed by atoms with E-state index in [1.165, 1.54) is 6.08 Å². The minimum atomic E-state index is 0.386. The fraction of sp³-hybridized carbons (Fsp3) is 0.111. The zero-order valence-electron chi connectivity index (χ0n) is 19.1. The minimum Gasteiger partial charge on any atom is -0.383 e. The number of nitrogens with zero attached hydrogens (tertiary/aromatic N) is 5. The third-order valence-corrected chi connectivity index (χ3v) is 4.97. The van der Waals surface area contributed by atoms with E-state index in [4.69, 9.17) is 15.7 Å². The lowest BCUT2D eigenvalue weighted by Gasteiger charge is -2.11. The molecule has 0 aliphatic carbocycles. The van der Waals surface area contributed by atoms with Crippen LogP contribution in [0.5, 0.6) is 0 Å². The van der Waals surface area contributed by atoms with Gasteiger partial charge in [0.25, 0.3) is 0 Å². The van der Waals surface area contributed by atoms with Gasteiger partial charge in [0, 0.05) is 17.5 Å². The molecule has 164 valence electrons. The first-order chi connectivity index (χ1) is 16.1. The molecule has 0 unspecified atom stereocenters. The summed E-state index contributed by atoms with van der Waals surface area (Å²) in [5, 5.41) is 9.45. The van der Waals surface area contributed by atoms with Gasteiger partial charge in [0.05, 0.1) is 22.9 Å². The summed E-state index contributed by atoms with van der Waals surface area (Å²) in [4.78, 5) is 13.9. The zero-order chi connectivity index (χ0) is 24.0. The van der Waals surface area contributed by atoms with Crippen LogP contribution < -0.4 is 5.73 Å². The third kappa shape index (κ3) is 4.43. The maximum absolute atomic E-state index is 9.45. The van der Waals surface area contributed by atoms with Crippen molar-refractivity contribution in [1.82, 2.24) is 19.5 Å². The topological polar surface area (TPSA) is 93.4 Å². The second-order valence-corrected chi connectivity index (χ2v) is 6.93. The molecule has 6 nitrogen and oxygen atoms in total. The zero-order valence-corrected chi connectivity index (χ0v) is 19.1. The van der Waals surface area contributed by atoms with Crippen molar-refractivity contribution in [2.75, 3.05) is 5.73 Å². The highest BCUT2D eigenvalue weighted by Gasteiger charge is 2.19. The van der Waals surface area contributed by atoms with E-state index in [2.05, 4.69) is 24.2 Å². The molecule has 0 fully saturated rings. The number of nitrogen functional groups attached to an aromatic ring is 1. The van der Waals surface area contributed by atoms with Crippen molar-refractivity contribution in [2.45, 2.75) is 20.8 Å². The number of benzene rings is 1. The van der Waals surface area contributed by atoms with Crippen LogP contribution in [0.3, 0.4) is 0 Å². The molecule has 0 radical (unpaired) electrons. The van der Waals surface area contributed by atoms with Gasteiger partial charge in [0.2, 0.25) is 0 Å². The molecule has 0 spiro atoms. The predicted molar refractivity (Wildman–Crippen MR) is 136 cm³/mol. The van der Waals surface area contributed by atoms with Crippen LogP contribution in [0.2, 0.25) is 0 Å². The smallest absolute Gasteiger partial charge is 0.165 e. The van der Waals surface area contributed by atoms with Crippen LogP contribution in [0.15, 0.2) is 85.6 Å². The lowest BCUT2D eigenvalue weighted by molar-refractivity contribution is 1.07. The molecule has 6 heteroatoms. The molecular formula is C27H26N6. The number of hydrogen-bond donors (Lipinski definition) is 1. The number of fused-ring (bicyclic) bond motifs is 1. The Morgan fingerprint density at radius 1 is 1.03 bits per heavy atom. The molecule has 0 saturated heterocycles. The van der Waals surface area contributed by atoms with E-state index in [0.717, 1.165) is 11.3 Å². The largest absolute Gasteiger partial charge is 0.383 e. The normalized spacial score (nSPS) is 11.1.